The summed E-state index contributed by atoms with van der Waals surface area (Å²) in [5.74, 6) is 0.832. The fourth-order valence-electron chi connectivity index (χ4n) is 2.89. The van der Waals surface area contributed by atoms with Crippen LogP contribution in [0.3, 0.4) is 0 Å². The molecule has 3 heteroatoms. The van der Waals surface area contributed by atoms with Crippen LogP contribution in [0.1, 0.15) is 44.1 Å². The zero-order chi connectivity index (χ0) is 13.7. The first-order chi connectivity index (χ1) is 9.22. The second kappa shape index (κ2) is 6.99. The molecule has 1 N–H and O–H groups in total. The maximum absolute atomic E-state index is 11.4. The molecule has 19 heavy (non-hydrogen) atoms. The molecule has 1 aliphatic carbocycles. The fourth-order valence-corrected chi connectivity index (χ4v) is 4.28. The molecule has 1 aromatic carbocycles. The molecule has 0 heterocycles. The molecule has 0 aliphatic heterocycles. The Morgan fingerprint density at radius 2 is 2.05 bits per heavy atom. The number of carboxylic acids is 1. The standard InChI is InChI=1S/C16H22O2S/c1-2-10-19-15-11-13(8-9-14(15)16(17)18)12-6-4-3-5-7-12/h3-7,13-15H,2,8-11H2,1H3,(H,17,18). The molecule has 1 aliphatic rings. The Kier molecular flexibility index (Phi) is 5.32. The number of hydrogen-bond acceptors (Lipinski definition) is 2. The Morgan fingerprint density at radius 3 is 2.68 bits per heavy atom. The topological polar surface area (TPSA) is 37.3 Å². The van der Waals surface area contributed by atoms with Gasteiger partial charge in [-0.1, -0.05) is 37.3 Å². The van der Waals surface area contributed by atoms with Gasteiger partial charge in [0, 0.05) is 5.25 Å². The quantitative estimate of drug-likeness (QED) is 0.878. The van der Waals surface area contributed by atoms with Gasteiger partial charge in [-0.05, 0) is 42.9 Å². The molecule has 0 radical (unpaired) electrons. The van der Waals surface area contributed by atoms with Crippen molar-refractivity contribution in [1.82, 2.24) is 0 Å². The molecule has 1 fully saturated rings. The van der Waals surface area contributed by atoms with Gasteiger partial charge >= 0.3 is 5.97 Å². The Balaban J connectivity index is 2.05. The monoisotopic (exact) mass is 278 g/mol. The van der Waals surface area contributed by atoms with Crippen molar-refractivity contribution in [3.63, 3.8) is 0 Å². The summed E-state index contributed by atoms with van der Waals surface area (Å²) in [5, 5.41) is 9.63. The number of carboxylic acid groups (broad SMARTS) is 1. The molecule has 0 bridgehead atoms. The van der Waals surface area contributed by atoms with E-state index < -0.39 is 5.97 Å². The van der Waals surface area contributed by atoms with Gasteiger partial charge in [0.25, 0.3) is 0 Å². The highest BCUT2D eigenvalue weighted by Crippen LogP contribution is 2.41. The van der Waals surface area contributed by atoms with Crippen LogP contribution in [0.2, 0.25) is 0 Å². The molecule has 104 valence electrons. The number of aliphatic carboxylic acids is 1. The Morgan fingerprint density at radius 1 is 1.32 bits per heavy atom. The van der Waals surface area contributed by atoms with E-state index in [-0.39, 0.29) is 11.2 Å². The summed E-state index contributed by atoms with van der Waals surface area (Å²) >= 11 is 1.85. The van der Waals surface area contributed by atoms with Gasteiger partial charge in [0.05, 0.1) is 5.92 Å². The lowest BCUT2D eigenvalue weighted by Gasteiger charge is -2.33. The van der Waals surface area contributed by atoms with E-state index in [1.165, 1.54) is 5.56 Å². The SMILES string of the molecule is CCCSC1CC(c2ccccc2)CCC1C(=O)O. The van der Waals surface area contributed by atoms with Crippen LogP contribution in [0.15, 0.2) is 30.3 Å². The highest BCUT2D eigenvalue weighted by Gasteiger charge is 2.35. The molecule has 0 saturated heterocycles. The van der Waals surface area contributed by atoms with Crippen molar-refractivity contribution in [2.75, 3.05) is 5.75 Å². The zero-order valence-electron chi connectivity index (χ0n) is 11.4. The summed E-state index contributed by atoms with van der Waals surface area (Å²) in [5.41, 5.74) is 1.37. The molecule has 3 unspecified atom stereocenters. The summed E-state index contributed by atoms with van der Waals surface area (Å²) in [6.45, 7) is 2.15. The predicted molar refractivity (Wildman–Crippen MR) is 80.7 cm³/mol. The molecular weight excluding hydrogens is 256 g/mol. The zero-order valence-corrected chi connectivity index (χ0v) is 12.2. The van der Waals surface area contributed by atoms with E-state index in [2.05, 4.69) is 31.2 Å². The maximum Gasteiger partial charge on any atom is 0.307 e. The molecule has 2 rings (SSSR count). The molecule has 3 atom stereocenters. The minimum absolute atomic E-state index is 0.156. The van der Waals surface area contributed by atoms with Gasteiger partial charge in [0.2, 0.25) is 0 Å². The Hall–Kier alpha value is -0.960. The number of rotatable bonds is 5. The van der Waals surface area contributed by atoms with Gasteiger partial charge < -0.3 is 5.11 Å². The van der Waals surface area contributed by atoms with Gasteiger partial charge in [-0.25, -0.2) is 0 Å². The van der Waals surface area contributed by atoms with Crippen LogP contribution >= 0.6 is 11.8 Å². The number of hydrogen-bond donors (Lipinski definition) is 1. The molecule has 2 nitrogen and oxygen atoms in total. The second-order valence-electron chi connectivity index (χ2n) is 5.27. The summed E-state index contributed by atoms with van der Waals surface area (Å²) in [7, 11) is 0. The Labute approximate surface area is 119 Å². The summed E-state index contributed by atoms with van der Waals surface area (Å²) < 4.78 is 0. The molecule has 0 spiro atoms. The van der Waals surface area contributed by atoms with Crippen LogP contribution in [-0.2, 0) is 4.79 Å². The van der Waals surface area contributed by atoms with Crippen molar-refractivity contribution in [2.24, 2.45) is 5.92 Å². The minimum Gasteiger partial charge on any atom is -0.481 e. The third-order valence-electron chi connectivity index (χ3n) is 3.92. The van der Waals surface area contributed by atoms with Crippen molar-refractivity contribution in [1.29, 1.82) is 0 Å². The van der Waals surface area contributed by atoms with Crippen LogP contribution in [-0.4, -0.2) is 22.1 Å². The van der Waals surface area contributed by atoms with Gasteiger partial charge in [0.15, 0.2) is 0 Å². The number of thioether (sulfide) groups is 1. The lowest BCUT2D eigenvalue weighted by atomic mass is 9.78. The van der Waals surface area contributed by atoms with E-state index in [0.29, 0.717) is 5.92 Å². The van der Waals surface area contributed by atoms with Crippen molar-refractivity contribution < 1.29 is 9.90 Å². The first kappa shape index (κ1) is 14.4. The van der Waals surface area contributed by atoms with E-state index in [4.69, 9.17) is 0 Å². The Bertz CT molecular complexity index is 404. The van der Waals surface area contributed by atoms with E-state index >= 15 is 0 Å². The smallest absolute Gasteiger partial charge is 0.307 e. The molecule has 0 aromatic heterocycles. The number of carbonyl (C=O) groups is 1. The van der Waals surface area contributed by atoms with E-state index in [1.807, 2.05) is 17.8 Å². The van der Waals surface area contributed by atoms with Gasteiger partial charge in [-0.3, -0.25) is 4.79 Å². The van der Waals surface area contributed by atoms with Crippen LogP contribution in [0.25, 0.3) is 0 Å². The van der Waals surface area contributed by atoms with Gasteiger partial charge in [-0.2, -0.15) is 11.8 Å². The molecular formula is C16H22O2S. The van der Waals surface area contributed by atoms with Crippen molar-refractivity contribution in [2.45, 2.75) is 43.8 Å². The first-order valence-electron chi connectivity index (χ1n) is 7.11. The first-order valence-corrected chi connectivity index (χ1v) is 8.16. The third kappa shape index (κ3) is 3.75. The lowest BCUT2D eigenvalue weighted by molar-refractivity contribution is -0.142. The predicted octanol–water partition coefficient (Wildman–Crippen LogP) is 4.17. The highest BCUT2D eigenvalue weighted by molar-refractivity contribution is 7.99. The molecule has 1 saturated carbocycles. The number of benzene rings is 1. The largest absolute Gasteiger partial charge is 0.481 e. The van der Waals surface area contributed by atoms with Crippen LogP contribution in [0.5, 0.6) is 0 Å². The normalized spacial score (nSPS) is 27.1. The second-order valence-corrected chi connectivity index (χ2v) is 6.62. The van der Waals surface area contributed by atoms with Crippen molar-refractivity contribution >= 4 is 17.7 Å². The average Bonchev–Trinajstić information content (AvgIpc) is 2.45. The molecule has 1 aromatic rings. The van der Waals surface area contributed by atoms with Crippen molar-refractivity contribution in [3.8, 4) is 0 Å². The van der Waals surface area contributed by atoms with E-state index in [9.17, 15) is 9.90 Å². The average molecular weight is 278 g/mol. The molecule has 0 amide bonds. The maximum atomic E-state index is 11.4. The van der Waals surface area contributed by atoms with E-state index in [1.54, 1.807) is 0 Å². The van der Waals surface area contributed by atoms with Gasteiger partial charge in [0.1, 0.15) is 0 Å². The van der Waals surface area contributed by atoms with Crippen LogP contribution in [0, 0.1) is 5.92 Å². The fraction of sp³-hybridized carbons (Fsp3) is 0.562. The van der Waals surface area contributed by atoms with Gasteiger partial charge in [-0.15, -0.1) is 0 Å². The van der Waals surface area contributed by atoms with Crippen molar-refractivity contribution in [3.05, 3.63) is 35.9 Å². The summed E-state index contributed by atoms with van der Waals surface area (Å²) in [6, 6.07) is 10.5. The van der Waals surface area contributed by atoms with Crippen LogP contribution in [0.4, 0.5) is 0 Å². The highest BCUT2D eigenvalue weighted by atomic mass is 32.2. The lowest BCUT2D eigenvalue weighted by Crippen LogP contribution is -2.32. The summed E-state index contributed by atoms with van der Waals surface area (Å²) in [4.78, 5) is 11.4. The minimum atomic E-state index is -0.611. The summed E-state index contributed by atoms with van der Waals surface area (Å²) in [6.07, 6.45) is 3.94. The van der Waals surface area contributed by atoms with E-state index in [0.717, 1.165) is 31.4 Å². The third-order valence-corrected chi connectivity index (χ3v) is 5.51. The van der Waals surface area contributed by atoms with Crippen LogP contribution < -0.4 is 0 Å².